The fraction of sp³-hybridized carbons (Fsp3) is 0.0909. The van der Waals surface area contributed by atoms with E-state index in [1.165, 1.54) is 18.2 Å². The molecule has 0 amide bonds. The molecule has 1 aromatic heterocycles. The van der Waals surface area contributed by atoms with Crippen molar-refractivity contribution in [3.8, 4) is 11.6 Å². The van der Waals surface area contributed by atoms with Crippen molar-refractivity contribution in [2.45, 2.75) is 6.92 Å². The third-order valence-electron chi connectivity index (χ3n) is 1.95. The molecule has 0 aliphatic heterocycles. The summed E-state index contributed by atoms with van der Waals surface area (Å²) in [4.78, 5) is 7.91. The lowest BCUT2D eigenvalue weighted by Gasteiger charge is -2.06. The predicted molar refractivity (Wildman–Crippen MR) is 62.7 cm³/mol. The molecule has 6 heteroatoms. The van der Waals surface area contributed by atoms with Crippen LogP contribution in [0.5, 0.6) is 11.6 Å². The zero-order valence-electron chi connectivity index (χ0n) is 8.95. The quantitative estimate of drug-likeness (QED) is 0.894. The summed E-state index contributed by atoms with van der Waals surface area (Å²) in [6, 6.07) is 5.58. The number of anilines is 1. The third kappa shape index (κ3) is 2.82. The Labute approximate surface area is 102 Å². The summed E-state index contributed by atoms with van der Waals surface area (Å²) in [5, 5.41) is 0.0377. The molecular weight excluding hydrogens is 245 g/mol. The molecule has 2 aromatic rings. The maximum atomic E-state index is 13.2. The van der Waals surface area contributed by atoms with Crippen LogP contribution in [0.15, 0.2) is 24.3 Å². The van der Waals surface area contributed by atoms with Gasteiger partial charge >= 0.3 is 0 Å². The molecule has 2 rings (SSSR count). The summed E-state index contributed by atoms with van der Waals surface area (Å²) in [6.45, 7) is 1.69. The van der Waals surface area contributed by atoms with E-state index in [0.29, 0.717) is 17.4 Å². The highest BCUT2D eigenvalue weighted by atomic mass is 35.5. The van der Waals surface area contributed by atoms with Crippen LogP contribution < -0.4 is 10.5 Å². The maximum Gasteiger partial charge on any atom is 0.224 e. The smallest absolute Gasteiger partial charge is 0.224 e. The topological polar surface area (TPSA) is 61.0 Å². The van der Waals surface area contributed by atoms with E-state index in [2.05, 4.69) is 9.97 Å². The van der Waals surface area contributed by atoms with Crippen LogP contribution in [0.4, 0.5) is 10.2 Å². The van der Waals surface area contributed by atoms with E-state index in [0.717, 1.165) is 0 Å². The second-order valence-electron chi connectivity index (χ2n) is 3.36. The fourth-order valence-electron chi connectivity index (χ4n) is 1.28. The molecule has 0 saturated carbocycles. The molecule has 88 valence electrons. The van der Waals surface area contributed by atoms with Gasteiger partial charge in [-0.25, -0.2) is 9.37 Å². The first-order chi connectivity index (χ1) is 8.04. The van der Waals surface area contributed by atoms with E-state index in [9.17, 15) is 4.39 Å². The van der Waals surface area contributed by atoms with Gasteiger partial charge in [-0.05, 0) is 19.1 Å². The average molecular weight is 254 g/mol. The van der Waals surface area contributed by atoms with Gasteiger partial charge in [-0.1, -0.05) is 11.6 Å². The molecular formula is C11H9ClFN3O. The molecule has 0 atom stereocenters. The number of hydrogen-bond acceptors (Lipinski definition) is 4. The number of nitrogens with zero attached hydrogens (tertiary/aromatic N) is 2. The molecule has 2 N–H and O–H groups in total. The number of hydrogen-bond donors (Lipinski definition) is 1. The fourth-order valence-corrected chi connectivity index (χ4v) is 1.39. The van der Waals surface area contributed by atoms with Gasteiger partial charge in [0.05, 0.1) is 5.02 Å². The van der Waals surface area contributed by atoms with Gasteiger partial charge in [-0.3, -0.25) is 0 Å². The second-order valence-corrected chi connectivity index (χ2v) is 3.76. The molecule has 0 aliphatic rings. The van der Waals surface area contributed by atoms with Gasteiger partial charge in [-0.2, -0.15) is 4.98 Å². The molecule has 17 heavy (non-hydrogen) atoms. The number of aromatic nitrogens is 2. The highest BCUT2D eigenvalue weighted by molar-refractivity contribution is 6.30. The van der Waals surface area contributed by atoms with Crippen LogP contribution in [-0.4, -0.2) is 9.97 Å². The number of benzene rings is 1. The molecule has 1 aromatic carbocycles. The van der Waals surface area contributed by atoms with Gasteiger partial charge in [0.25, 0.3) is 0 Å². The Hall–Kier alpha value is -1.88. The lowest BCUT2D eigenvalue weighted by Crippen LogP contribution is -1.98. The van der Waals surface area contributed by atoms with E-state index in [1.54, 1.807) is 13.0 Å². The number of ether oxygens (including phenoxy) is 1. The van der Waals surface area contributed by atoms with Crippen molar-refractivity contribution < 1.29 is 9.13 Å². The van der Waals surface area contributed by atoms with E-state index in [4.69, 9.17) is 22.1 Å². The van der Waals surface area contributed by atoms with E-state index < -0.39 is 5.82 Å². The summed E-state index contributed by atoms with van der Waals surface area (Å²) in [5.74, 6) is 0.778. The van der Waals surface area contributed by atoms with Gasteiger partial charge in [0, 0.05) is 12.1 Å². The third-order valence-corrected chi connectivity index (χ3v) is 2.25. The zero-order valence-corrected chi connectivity index (χ0v) is 9.70. The van der Waals surface area contributed by atoms with E-state index in [1.807, 2.05) is 0 Å². The second kappa shape index (κ2) is 4.55. The van der Waals surface area contributed by atoms with Crippen molar-refractivity contribution in [2.75, 3.05) is 5.73 Å². The summed E-state index contributed by atoms with van der Waals surface area (Å²) in [5.41, 5.74) is 5.54. The molecule has 0 saturated heterocycles. The van der Waals surface area contributed by atoms with Crippen LogP contribution in [0.2, 0.25) is 5.02 Å². The monoisotopic (exact) mass is 253 g/mol. The zero-order chi connectivity index (χ0) is 12.4. The van der Waals surface area contributed by atoms with Crippen LogP contribution in [0.1, 0.15) is 5.82 Å². The molecule has 1 heterocycles. The Morgan fingerprint density at radius 1 is 1.29 bits per heavy atom. The molecule has 4 nitrogen and oxygen atoms in total. The number of halogens is 2. The highest BCUT2D eigenvalue weighted by Crippen LogP contribution is 2.24. The van der Waals surface area contributed by atoms with Crippen LogP contribution in [0.3, 0.4) is 0 Å². The average Bonchev–Trinajstić information content (AvgIpc) is 2.22. The molecule has 0 unspecified atom stereocenters. The normalized spacial score (nSPS) is 10.3. The summed E-state index contributed by atoms with van der Waals surface area (Å²) < 4.78 is 18.5. The number of nitrogens with two attached hydrogens (primary N) is 1. The lowest BCUT2D eigenvalue weighted by atomic mass is 10.3. The Balaban J connectivity index is 2.28. The standard InChI is InChI=1S/C11H9ClFN3O/c1-6-15-10(14)5-11(16-6)17-7-2-3-8(12)9(13)4-7/h2-5H,1H3,(H2,14,15,16). The van der Waals surface area contributed by atoms with Gasteiger partial charge < -0.3 is 10.5 Å². The Morgan fingerprint density at radius 2 is 2.06 bits per heavy atom. The molecule has 0 aliphatic carbocycles. The highest BCUT2D eigenvalue weighted by Gasteiger charge is 2.05. The first kappa shape index (κ1) is 11.6. The van der Waals surface area contributed by atoms with Gasteiger partial charge in [0.1, 0.15) is 23.2 Å². The lowest BCUT2D eigenvalue weighted by molar-refractivity contribution is 0.455. The minimum absolute atomic E-state index is 0.0377. The largest absolute Gasteiger partial charge is 0.439 e. The van der Waals surface area contributed by atoms with Gasteiger partial charge in [0.15, 0.2) is 0 Å². The molecule has 0 spiro atoms. The van der Waals surface area contributed by atoms with Crippen molar-refractivity contribution in [3.05, 3.63) is 40.9 Å². The van der Waals surface area contributed by atoms with Crippen molar-refractivity contribution >= 4 is 17.4 Å². The number of rotatable bonds is 2. The Morgan fingerprint density at radius 3 is 2.71 bits per heavy atom. The van der Waals surface area contributed by atoms with Crippen LogP contribution >= 0.6 is 11.6 Å². The minimum atomic E-state index is -0.553. The summed E-state index contributed by atoms with van der Waals surface area (Å²) in [7, 11) is 0. The SMILES string of the molecule is Cc1nc(N)cc(Oc2ccc(Cl)c(F)c2)n1. The predicted octanol–water partition coefficient (Wildman–Crippen LogP) is 2.95. The van der Waals surface area contributed by atoms with Crippen molar-refractivity contribution in [3.63, 3.8) is 0 Å². The summed E-state index contributed by atoms with van der Waals surface area (Å²) >= 11 is 5.56. The van der Waals surface area contributed by atoms with Crippen LogP contribution in [-0.2, 0) is 0 Å². The molecule has 0 bridgehead atoms. The summed E-state index contributed by atoms with van der Waals surface area (Å²) in [6.07, 6.45) is 0. The van der Waals surface area contributed by atoms with Crippen molar-refractivity contribution in [1.82, 2.24) is 9.97 Å². The first-order valence-electron chi connectivity index (χ1n) is 4.78. The van der Waals surface area contributed by atoms with E-state index in [-0.39, 0.29) is 10.9 Å². The van der Waals surface area contributed by atoms with Crippen LogP contribution in [0.25, 0.3) is 0 Å². The van der Waals surface area contributed by atoms with Gasteiger partial charge in [0.2, 0.25) is 5.88 Å². The van der Waals surface area contributed by atoms with Gasteiger partial charge in [-0.15, -0.1) is 0 Å². The first-order valence-corrected chi connectivity index (χ1v) is 5.16. The Bertz CT molecular complexity index is 542. The van der Waals surface area contributed by atoms with Crippen molar-refractivity contribution in [2.24, 2.45) is 0 Å². The maximum absolute atomic E-state index is 13.2. The number of aryl methyl sites for hydroxylation is 1. The minimum Gasteiger partial charge on any atom is -0.439 e. The van der Waals surface area contributed by atoms with Crippen LogP contribution in [0, 0.1) is 12.7 Å². The van der Waals surface area contributed by atoms with E-state index >= 15 is 0 Å². The molecule has 0 fully saturated rings. The number of nitrogen functional groups attached to an aromatic ring is 1. The Kier molecular flexibility index (Phi) is 3.10. The van der Waals surface area contributed by atoms with Crippen molar-refractivity contribution in [1.29, 1.82) is 0 Å². The molecule has 0 radical (unpaired) electrons.